The molecule has 2 aromatic rings. The molecule has 27 heavy (non-hydrogen) atoms. The zero-order valence-corrected chi connectivity index (χ0v) is 14.9. The second-order valence-electron chi connectivity index (χ2n) is 6.16. The highest BCUT2D eigenvalue weighted by molar-refractivity contribution is 5.89. The summed E-state index contributed by atoms with van der Waals surface area (Å²) in [5, 5.41) is 2.54. The van der Waals surface area contributed by atoms with Gasteiger partial charge in [0, 0.05) is 18.8 Å². The van der Waals surface area contributed by atoms with Crippen molar-refractivity contribution in [1.82, 2.24) is 4.90 Å². The molecule has 0 saturated heterocycles. The molecule has 1 aliphatic heterocycles. The maximum Gasteiger partial charge on any atom is 0.416 e. The maximum atomic E-state index is 12.8. The smallest absolute Gasteiger partial charge is 0.416 e. The molecule has 0 unspecified atom stereocenters. The largest absolute Gasteiger partial charge is 0.493 e. The van der Waals surface area contributed by atoms with Gasteiger partial charge in [0.15, 0.2) is 11.5 Å². The molecule has 0 radical (unpaired) electrons. The van der Waals surface area contributed by atoms with Crippen molar-refractivity contribution in [3.05, 3.63) is 53.1 Å². The number of fused-ring (bicyclic) bond motifs is 1. The molecule has 0 aromatic heterocycles. The van der Waals surface area contributed by atoms with Crippen LogP contribution in [0.2, 0.25) is 0 Å². The Morgan fingerprint density at radius 1 is 1.07 bits per heavy atom. The summed E-state index contributed by atoms with van der Waals surface area (Å²) >= 11 is 0. The fourth-order valence-electron chi connectivity index (χ4n) is 3.03. The molecular weight excluding hydrogens is 361 g/mol. The van der Waals surface area contributed by atoms with Crippen molar-refractivity contribution in [2.24, 2.45) is 0 Å². The molecule has 0 bridgehead atoms. The molecular formula is C19H19F3N2O3. The predicted octanol–water partition coefficient (Wildman–Crippen LogP) is 4.31. The van der Waals surface area contributed by atoms with Gasteiger partial charge in [0.25, 0.3) is 0 Å². The minimum absolute atomic E-state index is 0.105. The molecule has 0 fully saturated rings. The lowest BCUT2D eigenvalue weighted by Gasteiger charge is -2.29. The molecule has 3 rings (SSSR count). The van der Waals surface area contributed by atoms with Crippen LogP contribution in [0.3, 0.4) is 0 Å². The number of urea groups is 1. The van der Waals surface area contributed by atoms with Crippen molar-refractivity contribution in [1.29, 1.82) is 0 Å². The van der Waals surface area contributed by atoms with Crippen molar-refractivity contribution in [3.8, 4) is 11.5 Å². The number of carbonyl (C=O) groups excluding carboxylic acids is 1. The third kappa shape index (κ3) is 4.10. The number of rotatable bonds is 3. The first-order chi connectivity index (χ1) is 12.8. The summed E-state index contributed by atoms with van der Waals surface area (Å²) in [6.45, 7) is 0.785. The molecule has 0 spiro atoms. The number of ether oxygens (including phenoxy) is 2. The molecule has 8 heteroatoms. The molecule has 2 amide bonds. The van der Waals surface area contributed by atoms with Crippen LogP contribution in [0, 0.1) is 0 Å². The molecule has 5 nitrogen and oxygen atoms in total. The Morgan fingerprint density at radius 3 is 2.37 bits per heavy atom. The molecule has 1 aliphatic rings. The SMILES string of the molecule is COc1cc2c(cc1OC)CN(C(=O)Nc1cccc(C(F)(F)F)c1)CC2. The van der Waals surface area contributed by atoms with Crippen molar-refractivity contribution in [2.75, 3.05) is 26.1 Å². The molecule has 1 heterocycles. The maximum absolute atomic E-state index is 12.8. The highest BCUT2D eigenvalue weighted by Gasteiger charge is 2.30. The minimum Gasteiger partial charge on any atom is -0.493 e. The van der Waals surface area contributed by atoms with E-state index in [1.807, 2.05) is 12.1 Å². The summed E-state index contributed by atoms with van der Waals surface area (Å²) in [5.41, 5.74) is 1.27. The van der Waals surface area contributed by atoms with Crippen molar-refractivity contribution in [3.63, 3.8) is 0 Å². The quantitative estimate of drug-likeness (QED) is 0.863. The van der Waals surface area contributed by atoms with E-state index >= 15 is 0 Å². The number of benzene rings is 2. The topological polar surface area (TPSA) is 50.8 Å². The van der Waals surface area contributed by atoms with Crippen LogP contribution in [0.15, 0.2) is 36.4 Å². The van der Waals surface area contributed by atoms with Gasteiger partial charge in [-0.15, -0.1) is 0 Å². The lowest BCUT2D eigenvalue weighted by Crippen LogP contribution is -2.38. The lowest BCUT2D eigenvalue weighted by molar-refractivity contribution is -0.137. The number of carbonyl (C=O) groups is 1. The van der Waals surface area contributed by atoms with Gasteiger partial charge in [-0.1, -0.05) is 6.07 Å². The zero-order chi connectivity index (χ0) is 19.6. The van der Waals surface area contributed by atoms with E-state index in [0.717, 1.165) is 23.3 Å². The van der Waals surface area contributed by atoms with Crippen molar-refractivity contribution >= 4 is 11.7 Å². The van der Waals surface area contributed by atoms with Crippen LogP contribution in [-0.2, 0) is 19.1 Å². The Morgan fingerprint density at radius 2 is 1.74 bits per heavy atom. The monoisotopic (exact) mass is 380 g/mol. The van der Waals surface area contributed by atoms with Crippen molar-refractivity contribution in [2.45, 2.75) is 19.1 Å². The van der Waals surface area contributed by atoms with E-state index in [9.17, 15) is 18.0 Å². The third-order valence-electron chi connectivity index (χ3n) is 4.45. The average Bonchev–Trinajstić information content (AvgIpc) is 2.65. The summed E-state index contributed by atoms with van der Waals surface area (Å²) in [6.07, 6.45) is -3.84. The number of anilines is 1. The first-order valence-electron chi connectivity index (χ1n) is 8.29. The average molecular weight is 380 g/mol. The number of alkyl halides is 3. The van der Waals surface area contributed by atoms with Crippen LogP contribution in [0.4, 0.5) is 23.7 Å². The van der Waals surface area contributed by atoms with E-state index in [0.29, 0.717) is 31.0 Å². The van der Waals surface area contributed by atoms with Crippen LogP contribution < -0.4 is 14.8 Å². The third-order valence-corrected chi connectivity index (χ3v) is 4.45. The number of halogens is 3. The van der Waals surface area contributed by atoms with Gasteiger partial charge in [-0.05, 0) is 47.9 Å². The van der Waals surface area contributed by atoms with E-state index in [4.69, 9.17) is 9.47 Å². The second kappa shape index (κ2) is 7.38. The van der Waals surface area contributed by atoms with Gasteiger partial charge in [-0.25, -0.2) is 4.79 Å². The Labute approximate surface area is 154 Å². The molecule has 0 aliphatic carbocycles. The van der Waals surface area contributed by atoms with Crippen LogP contribution in [0.25, 0.3) is 0 Å². The highest BCUT2D eigenvalue weighted by atomic mass is 19.4. The van der Waals surface area contributed by atoms with Gasteiger partial charge in [0.1, 0.15) is 0 Å². The number of nitrogens with one attached hydrogen (secondary N) is 1. The molecule has 2 aromatic carbocycles. The Hall–Kier alpha value is -2.90. The van der Waals surface area contributed by atoms with Crippen molar-refractivity contribution < 1.29 is 27.4 Å². The molecule has 0 atom stereocenters. The van der Waals surface area contributed by atoms with Crippen LogP contribution in [0.5, 0.6) is 11.5 Å². The van der Waals surface area contributed by atoms with E-state index in [1.54, 1.807) is 12.0 Å². The van der Waals surface area contributed by atoms with Gasteiger partial charge in [0.05, 0.1) is 19.8 Å². The zero-order valence-electron chi connectivity index (χ0n) is 14.9. The molecule has 1 N–H and O–H groups in total. The van der Waals surface area contributed by atoms with Gasteiger partial charge in [-0.2, -0.15) is 13.2 Å². The van der Waals surface area contributed by atoms with Crippen LogP contribution in [-0.4, -0.2) is 31.7 Å². The fourth-order valence-corrected chi connectivity index (χ4v) is 3.03. The van der Waals surface area contributed by atoms with E-state index < -0.39 is 17.8 Å². The number of methoxy groups -OCH3 is 2. The van der Waals surface area contributed by atoms with Gasteiger partial charge in [-0.3, -0.25) is 0 Å². The summed E-state index contributed by atoms with van der Waals surface area (Å²) in [6, 6.07) is 7.83. The number of hydrogen-bond acceptors (Lipinski definition) is 3. The summed E-state index contributed by atoms with van der Waals surface area (Å²) in [4.78, 5) is 14.0. The standard InChI is InChI=1S/C19H19F3N2O3/c1-26-16-8-12-6-7-24(11-13(12)9-17(16)27-2)18(25)23-15-5-3-4-14(10-15)19(20,21)22/h3-5,8-10H,6-7,11H2,1-2H3,(H,23,25). The number of nitrogens with zero attached hydrogens (tertiary/aromatic N) is 1. The van der Waals surface area contributed by atoms with Gasteiger partial charge < -0.3 is 19.7 Å². The number of hydrogen-bond donors (Lipinski definition) is 1. The predicted molar refractivity (Wildman–Crippen MR) is 94.1 cm³/mol. The fraction of sp³-hybridized carbons (Fsp3) is 0.316. The van der Waals surface area contributed by atoms with E-state index in [-0.39, 0.29) is 5.69 Å². The molecule has 144 valence electrons. The lowest BCUT2D eigenvalue weighted by atomic mass is 9.99. The van der Waals surface area contributed by atoms with Crippen LogP contribution in [0.1, 0.15) is 16.7 Å². The summed E-state index contributed by atoms with van der Waals surface area (Å²) in [7, 11) is 3.09. The Bertz CT molecular complexity index is 853. The first-order valence-corrected chi connectivity index (χ1v) is 8.29. The highest BCUT2D eigenvalue weighted by Crippen LogP contribution is 2.34. The second-order valence-corrected chi connectivity index (χ2v) is 6.16. The number of amides is 2. The van der Waals surface area contributed by atoms with Gasteiger partial charge >= 0.3 is 12.2 Å². The summed E-state index contributed by atoms with van der Waals surface area (Å²) < 4.78 is 49.0. The van der Waals surface area contributed by atoms with E-state index in [2.05, 4.69) is 5.32 Å². The minimum atomic E-state index is -4.46. The van der Waals surface area contributed by atoms with Gasteiger partial charge in [0.2, 0.25) is 0 Å². The first kappa shape index (κ1) is 18.9. The van der Waals surface area contributed by atoms with E-state index in [1.165, 1.54) is 19.2 Å². The molecule has 0 saturated carbocycles. The normalized spacial score (nSPS) is 13.7. The Kier molecular flexibility index (Phi) is 5.16. The Balaban J connectivity index is 1.74. The summed E-state index contributed by atoms with van der Waals surface area (Å²) in [5.74, 6) is 1.19. The van der Waals surface area contributed by atoms with Crippen LogP contribution >= 0.6 is 0 Å².